The third-order valence-corrected chi connectivity index (χ3v) is 5.21. The van der Waals surface area contributed by atoms with E-state index in [0.717, 1.165) is 54.5 Å². The lowest BCUT2D eigenvalue weighted by Gasteiger charge is -2.36. The number of piperazine rings is 1. The van der Waals surface area contributed by atoms with Gasteiger partial charge in [0.25, 0.3) is 0 Å². The van der Waals surface area contributed by atoms with Crippen molar-refractivity contribution in [3.8, 4) is 11.3 Å². The van der Waals surface area contributed by atoms with Gasteiger partial charge in [0.1, 0.15) is 11.3 Å². The maximum atomic E-state index is 13.2. The molecular formula is C22H20FN5. The van der Waals surface area contributed by atoms with Gasteiger partial charge in [-0.1, -0.05) is 30.3 Å². The van der Waals surface area contributed by atoms with Crippen molar-refractivity contribution in [2.24, 2.45) is 0 Å². The molecule has 0 spiro atoms. The highest BCUT2D eigenvalue weighted by Gasteiger charge is 2.21. The molecule has 0 aliphatic carbocycles. The second-order valence-corrected chi connectivity index (χ2v) is 6.93. The molecule has 140 valence electrons. The Morgan fingerprint density at radius 1 is 0.821 bits per heavy atom. The van der Waals surface area contributed by atoms with E-state index in [2.05, 4.69) is 33.0 Å². The largest absolute Gasteiger partial charge is 0.368 e. The summed E-state index contributed by atoms with van der Waals surface area (Å²) in [6, 6.07) is 19.0. The molecule has 3 heterocycles. The molecule has 2 aromatic carbocycles. The van der Waals surface area contributed by atoms with E-state index in [9.17, 15) is 4.39 Å². The first-order chi connectivity index (χ1) is 13.8. The van der Waals surface area contributed by atoms with Crippen LogP contribution in [0.15, 0.2) is 73.1 Å². The average Bonchev–Trinajstić information content (AvgIpc) is 3.20. The SMILES string of the molecule is Fc1ccc(N2CCN(c3nccn4nc(-c5ccccc5)cc34)CC2)cc1. The second-order valence-electron chi connectivity index (χ2n) is 6.93. The lowest BCUT2D eigenvalue weighted by atomic mass is 10.1. The van der Waals surface area contributed by atoms with Crippen LogP contribution in [0.1, 0.15) is 0 Å². The third kappa shape index (κ3) is 3.07. The third-order valence-electron chi connectivity index (χ3n) is 5.21. The van der Waals surface area contributed by atoms with Crippen molar-refractivity contribution >= 4 is 17.0 Å². The summed E-state index contributed by atoms with van der Waals surface area (Å²) in [4.78, 5) is 9.22. The summed E-state index contributed by atoms with van der Waals surface area (Å²) < 4.78 is 15.1. The summed E-state index contributed by atoms with van der Waals surface area (Å²) in [6.07, 6.45) is 3.69. The maximum absolute atomic E-state index is 13.2. The molecule has 0 atom stereocenters. The minimum Gasteiger partial charge on any atom is -0.368 e. The first-order valence-corrected chi connectivity index (χ1v) is 9.43. The first kappa shape index (κ1) is 16.7. The Morgan fingerprint density at radius 3 is 2.29 bits per heavy atom. The van der Waals surface area contributed by atoms with E-state index in [1.807, 2.05) is 41.0 Å². The minimum absolute atomic E-state index is 0.201. The summed E-state index contributed by atoms with van der Waals surface area (Å²) in [6.45, 7) is 3.45. The molecule has 5 rings (SSSR count). The van der Waals surface area contributed by atoms with E-state index in [0.29, 0.717) is 0 Å². The number of halogens is 1. The van der Waals surface area contributed by atoms with Crippen LogP contribution in [0.3, 0.4) is 0 Å². The highest BCUT2D eigenvalue weighted by atomic mass is 19.1. The molecule has 0 radical (unpaired) electrons. The number of rotatable bonds is 3. The predicted molar refractivity (Wildman–Crippen MR) is 109 cm³/mol. The molecule has 0 saturated carbocycles. The zero-order valence-electron chi connectivity index (χ0n) is 15.4. The van der Waals surface area contributed by atoms with Crippen LogP contribution < -0.4 is 9.80 Å². The van der Waals surface area contributed by atoms with E-state index >= 15 is 0 Å². The number of benzene rings is 2. The van der Waals surface area contributed by atoms with Gasteiger partial charge in [0, 0.05) is 49.8 Å². The van der Waals surface area contributed by atoms with Crippen molar-refractivity contribution in [2.45, 2.75) is 0 Å². The van der Waals surface area contributed by atoms with Gasteiger partial charge in [0.05, 0.1) is 5.69 Å². The van der Waals surface area contributed by atoms with E-state index < -0.39 is 0 Å². The number of anilines is 2. The van der Waals surface area contributed by atoms with Crippen LogP contribution in [0.2, 0.25) is 0 Å². The fraction of sp³-hybridized carbons (Fsp3) is 0.182. The van der Waals surface area contributed by atoms with Crippen molar-refractivity contribution in [1.82, 2.24) is 14.6 Å². The molecule has 1 aliphatic rings. The normalized spacial score (nSPS) is 14.6. The van der Waals surface area contributed by atoms with Gasteiger partial charge >= 0.3 is 0 Å². The van der Waals surface area contributed by atoms with Gasteiger partial charge in [-0.15, -0.1) is 0 Å². The van der Waals surface area contributed by atoms with Crippen molar-refractivity contribution < 1.29 is 4.39 Å². The van der Waals surface area contributed by atoms with E-state index in [4.69, 9.17) is 5.10 Å². The zero-order valence-corrected chi connectivity index (χ0v) is 15.4. The quantitative estimate of drug-likeness (QED) is 0.546. The molecule has 6 heteroatoms. The smallest absolute Gasteiger partial charge is 0.154 e. The standard InChI is InChI=1S/C22H20FN5/c23-18-6-8-19(9-7-18)26-12-14-27(15-13-26)22-21-16-20(17-4-2-1-3-5-17)25-28(21)11-10-24-22/h1-11,16H,12-15H2. The summed E-state index contributed by atoms with van der Waals surface area (Å²) in [7, 11) is 0. The van der Waals surface area contributed by atoms with Crippen LogP contribution in [0.4, 0.5) is 15.9 Å². The van der Waals surface area contributed by atoms with Crippen molar-refractivity contribution in [1.29, 1.82) is 0 Å². The summed E-state index contributed by atoms with van der Waals surface area (Å²) in [5.41, 5.74) is 4.11. The van der Waals surface area contributed by atoms with Gasteiger partial charge in [-0.3, -0.25) is 0 Å². The molecule has 0 unspecified atom stereocenters. The van der Waals surface area contributed by atoms with Crippen molar-refractivity contribution in [3.05, 3.63) is 78.9 Å². The van der Waals surface area contributed by atoms with Gasteiger partial charge in [0.15, 0.2) is 5.82 Å². The molecule has 1 aliphatic heterocycles. The van der Waals surface area contributed by atoms with Crippen molar-refractivity contribution in [2.75, 3.05) is 36.0 Å². The molecule has 5 nitrogen and oxygen atoms in total. The number of fused-ring (bicyclic) bond motifs is 1. The predicted octanol–water partition coefficient (Wildman–Crippen LogP) is 3.86. The number of hydrogen-bond acceptors (Lipinski definition) is 4. The number of hydrogen-bond donors (Lipinski definition) is 0. The molecular weight excluding hydrogens is 353 g/mol. The van der Waals surface area contributed by atoms with Gasteiger partial charge < -0.3 is 9.80 Å². The summed E-state index contributed by atoms with van der Waals surface area (Å²) in [5, 5.41) is 4.71. The fourth-order valence-corrected chi connectivity index (χ4v) is 3.73. The van der Waals surface area contributed by atoms with E-state index in [-0.39, 0.29) is 5.82 Å². The number of nitrogens with zero attached hydrogens (tertiary/aromatic N) is 5. The van der Waals surface area contributed by atoms with Gasteiger partial charge in [0.2, 0.25) is 0 Å². The van der Waals surface area contributed by atoms with Crippen LogP contribution >= 0.6 is 0 Å². The Balaban J connectivity index is 1.39. The molecule has 0 amide bonds. The van der Waals surface area contributed by atoms with Gasteiger partial charge in [-0.25, -0.2) is 13.9 Å². The minimum atomic E-state index is -0.201. The molecule has 2 aromatic heterocycles. The highest BCUT2D eigenvalue weighted by molar-refractivity contribution is 5.75. The Bertz CT molecular complexity index is 1080. The molecule has 4 aromatic rings. The fourth-order valence-electron chi connectivity index (χ4n) is 3.73. The van der Waals surface area contributed by atoms with Gasteiger partial charge in [-0.2, -0.15) is 5.10 Å². The Labute approximate surface area is 162 Å². The zero-order chi connectivity index (χ0) is 18.9. The summed E-state index contributed by atoms with van der Waals surface area (Å²) >= 11 is 0. The first-order valence-electron chi connectivity index (χ1n) is 9.43. The monoisotopic (exact) mass is 373 g/mol. The lowest BCUT2D eigenvalue weighted by Crippen LogP contribution is -2.47. The van der Waals surface area contributed by atoms with Crippen LogP contribution in [0.5, 0.6) is 0 Å². The van der Waals surface area contributed by atoms with Crippen LogP contribution in [-0.2, 0) is 0 Å². The Hall–Kier alpha value is -3.41. The topological polar surface area (TPSA) is 36.7 Å². The van der Waals surface area contributed by atoms with Crippen LogP contribution in [0, 0.1) is 5.82 Å². The molecule has 28 heavy (non-hydrogen) atoms. The van der Waals surface area contributed by atoms with Crippen molar-refractivity contribution in [3.63, 3.8) is 0 Å². The lowest BCUT2D eigenvalue weighted by molar-refractivity contribution is 0.624. The Kier molecular flexibility index (Phi) is 4.16. The molecule has 0 N–H and O–H groups in total. The molecule has 0 bridgehead atoms. The number of aromatic nitrogens is 3. The Morgan fingerprint density at radius 2 is 1.54 bits per heavy atom. The van der Waals surface area contributed by atoms with Crippen LogP contribution in [0.25, 0.3) is 16.8 Å². The highest BCUT2D eigenvalue weighted by Crippen LogP contribution is 2.26. The van der Waals surface area contributed by atoms with Gasteiger partial charge in [-0.05, 0) is 30.3 Å². The van der Waals surface area contributed by atoms with Crippen LogP contribution in [-0.4, -0.2) is 40.8 Å². The second kappa shape index (κ2) is 6.96. The molecule has 1 saturated heterocycles. The van der Waals surface area contributed by atoms with E-state index in [1.165, 1.54) is 12.1 Å². The average molecular weight is 373 g/mol. The summed E-state index contributed by atoms with van der Waals surface area (Å²) in [5.74, 6) is 0.754. The molecule has 1 fully saturated rings. The van der Waals surface area contributed by atoms with E-state index in [1.54, 1.807) is 6.20 Å². The maximum Gasteiger partial charge on any atom is 0.154 e.